The number of allylic oxidation sites excluding steroid dienone is 2. The minimum absolute atomic E-state index is 0.171. The Kier molecular flexibility index (Phi) is 3.02. The molecule has 3 heteroatoms. The highest BCUT2D eigenvalue weighted by Crippen LogP contribution is 2.22. The number of methoxy groups -OCH3 is 1. The number of rotatable bonds is 2. The maximum atomic E-state index is 10.4. The highest BCUT2D eigenvalue weighted by molar-refractivity contribution is 9.11. The summed E-state index contributed by atoms with van der Waals surface area (Å²) in [5, 5.41) is 0. The third-order valence-corrected chi connectivity index (χ3v) is 2.17. The maximum absolute atomic E-state index is 10.4. The normalized spacial score (nSPS) is 24.0. The molecule has 60 valence electrons. The van der Waals surface area contributed by atoms with Gasteiger partial charge in [-0.2, -0.15) is 0 Å². The zero-order chi connectivity index (χ0) is 8.27. The summed E-state index contributed by atoms with van der Waals surface area (Å²) in [5.74, 6) is 0. The molecule has 0 amide bonds. The van der Waals surface area contributed by atoms with Crippen LogP contribution >= 0.6 is 15.9 Å². The van der Waals surface area contributed by atoms with Gasteiger partial charge in [0.05, 0.1) is 0 Å². The Hall–Kier alpha value is -0.410. The molecule has 0 spiro atoms. The third-order valence-electron chi connectivity index (χ3n) is 1.58. The van der Waals surface area contributed by atoms with E-state index in [1.807, 2.05) is 12.2 Å². The molecular formula is C8H9BrO2. The second-order valence-electron chi connectivity index (χ2n) is 2.30. The smallest absolute Gasteiger partial charge is 0.148 e. The summed E-state index contributed by atoms with van der Waals surface area (Å²) in [4.78, 5) is 10.4. The summed E-state index contributed by atoms with van der Waals surface area (Å²) < 4.78 is 6.12. The summed E-state index contributed by atoms with van der Waals surface area (Å²) in [7, 11) is 1.59. The number of carbonyl (C=O) groups is 1. The highest BCUT2D eigenvalue weighted by Gasteiger charge is 2.14. The highest BCUT2D eigenvalue weighted by atomic mass is 79.9. The van der Waals surface area contributed by atoms with Gasteiger partial charge >= 0.3 is 0 Å². The van der Waals surface area contributed by atoms with Crippen molar-refractivity contribution in [2.75, 3.05) is 7.11 Å². The van der Waals surface area contributed by atoms with Gasteiger partial charge in [-0.25, -0.2) is 0 Å². The van der Waals surface area contributed by atoms with E-state index in [1.165, 1.54) is 0 Å². The lowest BCUT2D eigenvalue weighted by Crippen LogP contribution is -2.14. The van der Waals surface area contributed by atoms with Crippen molar-refractivity contribution in [3.63, 3.8) is 0 Å². The summed E-state index contributed by atoms with van der Waals surface area (Å²) in [6.07, 6.45) is 5.21. The monoisotopic (exact) mass is 216 g/mol. The van der Waals surface area contributed by atoms with Crippen molar-refractivity contribution < 1.29 is 9.53 Å². The number of carbonyl (C=O) groups excluding carboxylic acids is 1. The molecule has 1 rings (SSSR count). The van der Waals surface area contributed by atoms with Crippen LogP contribution in [-0.2, 0) is 9.53 Å². The summed E-state index contributed by atoms with van der Waals surface area (Å²) in [5.41, 5.74) is 0.704. The first-order valence-corrected chi connectivity index (χ1v) is 4.11. The van der Waals surface area contributed by atoms with Crippen LogP contribution in [0.3, 0.4) is 0 Å². The Morgan fingerprint density at radius 3 is 3.09 bits per heavy atom. The van der Waals surface area contributed by atoms with Crippen LogP contribution in [-0.4, -0.2) is 19.5 Å². The molecule has 11 heavy (non-hydrogen) atoms. The van der Waals surface area contributed by atoms with Gasteiger partial charge in [-0.3, -0.25) is 4.79 Å². The van der Waals surface area contributed by atoms with Gasteiger partial charge in [-0.05, 0) is 17.0 Å². The van der Waals surface area contributed by atoms with Crippen LogP contribution in [0.2, 0.25) is 0 Å². The molecule has 0 heterocycles. The van der Waals surface area contributed by atoms with Gasteiger partial charge in [-0.15, -0.1) is 0 Å². The fourth-order valence-electron chi connectivity index (χ4n) is 0.979. The maximum Gasteiger partial charge on any atom is 0.148 e. The van der Waals surface area contributed by atoms with Gasteiger partial charge in [0.15, 0.2) is 0 Å². The van der Waals surface area contributed by atoms with Crippen LogP contribution < -0.4 is 0 Å². The second-order valence-corrected chi connectivity index (χ2v) is 3.31. The third kappa shape index (κ3) is 2.01. The lowest BCUT2D eigenvalue weighted by molar-refractivity contribution is -0.105. The molecule has 0 fully saturated rings. The minimum atomic E-state index is -0.171. The van der Waals surface area contributed by atoms with Crippen molar-refractivity contribution in [1.29, 1.82) is 0 Å². The molecule has 0 aromatic heterocycles. The fourth-order valence-corrected chi connectivity index (χ4v) is 1.38. The molecule has 0 aromatic rings. The first kappa shape index (κ1) is 8.68. The molecule has 0 aromatic carbocycles. The van der Waals surface area contributed by atoms with Gasteiger partial charge in [0, 0.05) is 12.7 Å². The fraction of sp³-hybridized carbons (Fsp3) is 0.375. The van der Waals surface area contributed by atoms with Crippen LogP contribution in [0.4, 0.5) is 0 Å². The summed E-state index contributed by atoms with van der Waals surface area (Å²) >= 11 is 3.35. The van der Waals surface area contributed by atoms with Crippen molar-refractivity contribution in [2.45, 2.75) is 12.5 Å². The van der Waals surface area contributed by atoms with Crippen molar-refractivity contribution in [3.8, 4) is 0 Å². The van der Waals surface area contributed by atoms with Crippen molar-refractivity contribution >= 4 is 22.2 Å². The van der Waals surface area contributed by atoms with Crippen LogP contribution in [0.5, 0.6) is 0 Å². The van der Waals surface area contributed by atoms with Crippen LogP contribution in [0.15, 0.2) is 22.2 Å². The number of hydrogen-bond acceptors (Lipinski definition) is 2. The average Bonchev–Trinajstić information content (AvgIpc) is 2.04. The quantitative estimate of drug-likeness (QED) is 0.659. The van der Waals surface area contributed by atoms with Gasteiger partial charge in [0.2, 0.25) is 0 Å². The Labute approximate surface area is 74.1 Å². The van der Waals surface area contributed by atoms with E-state index in [1.54, 1.807) is 7.11 Å². The van der Waals surface area contributed by atoms with Gasteiger partial charge < -0.3 is 4.74 Å². The molecule has 1 aliphatic rings. The molecule has 1 atom stereocenters. The molecule has 0 saturated carbocycles. The van der Waals surface area contributed by atoms with E-state index in [9.17, 15) is 4.79 Å². The van der Waals surface area contributed by atoms with Gasteiger partial charge in [-0.1, -0.05) is 22.0 Å². The van der Waals surface area contributed by atoms with E-state index in [4.69, 9.17) is 4.74 Å². The molecule has 0 radical (unpaired) electrons. The molecule has 0 aliphatic heterocycles. The first-order valence-electron chi connectivity index (χ1n) is 3.32. The number of aldehydes is 1. The SMILES string of the molecule is COC1C=C(Br)CC=C1C=O. The molecule has 0 bridgehead atoms. The predicted octanol–water partition coefficient (Wildman–Crippen LogP) is 1.81. The van der Waals surface area contributed by atoms with Gasteiger partial charge in [0.1, 0.15) is 12.4 Å². The van der Waals surface area contributed by atoms with Crippen molar-refractivity contribution in [2.24, 2.45) is 0 Å². The largest absolute Gasteiger partial charge is 0.373 e. The zero-order valence-electron chi connectivity index (χ0n) is 6.21. The zero-order valence-corrected chi connectivity index (χ0v) is 7.80. The van der Waals surface area contributed by atoms with Crippen molar-refractivity contribution in [1.82, 2.24) is 0 Å². The van der Waals surface area contributed by atoms with E-state index in [0.29, 0.717) is 5.57 Å². The molecular weight excluding hydrogens is 208 g/mol. The predicted molar refractivity (Wildman–Crippen MR) is 46.6 cm³/mol. The Morgan fingerprint density at radius 2 is 2.55 bits per heavy atom. The van der Waals surface area contributed by atoms with E-state index < -0.39 is 0 Å². The van der Waals surface area contributed by atoms with Gasteiger partial charge in [0.25, 0.3) is 0 Å². The van der Waals surface area contributed by atoms with Crippen LogP contribution in [0.1, 0.15) is 6.42 Å². The van der Waals surface area contributed by atoms with Crippen LogP contribution in [0.25, 0.3) is 0 Å². The minimum Gasteiger partial charge on any atom is -0.373 e. The van der Waals surface area contributed by atoms with E-state index in [2.05, 4.69) is 15.9 Å². The number of halogens is 1. The number of ether oxygens (including phenoxy) is 1. The standard InChI is InChI=1S/C8H9BrO2/c1-11-8-4-7(9)3-2-6(8)5-10/h2,4-5,8H,3H2,1H3. The average molecular weight is 217 g/mol. The van der Waals surface area contributed by atoms with E-state index >= 15 is 0 Å². The topological polar surface area (TPSA) is 26.3 Å². The lowest BCUT2D eigenvalue weighted by Gasteiger charge is -2.15. The Morgan fingerprint density at radius 1 is 1.82 bits per heavy atom. The Balaban J connectivity index is 2.76. The number of hydrogen-bond donors (Lipinski definition) is 0. The van der Waals surface area contributed by atoms with E-state index in [0.717, 1.165) is 17.2 Å². The molecule has 2 nitrogen and oxygen atoms in total. The van der Waals surface area contributed by atoms with E-state index in [-0.39, 0.29) is 6.10 Å². The molecule has 1 aliphatic carbocycles. The Bertz CT molecular complexity index is 218. The molecule has 0 saturated heterocycles. The molecule has 1 unspecified atom stereocenters. The van der Waals surface area contributed by atoms with Crippen molar-refractivity contribution in [3.05, 3.63) is 22.2 Å². The second kappa shape index (κ2) is 3.83. The summed E-state index contributed by atoms with van der Waals surface area (Å²) in [6, 6.07) is 0. The molecule has 0 N–H and O–H groups in total. The lowest BCUT2D eigenvalue weighted by atomic mass is 10.0. The van der Waals surface area contributed by atoms with Crippen LogP contribution in [0, 0.1) is 0 Å². The first-order chi connectivity index (χ1) is 5.27. The summed E-state index contributed by atoms with van der Waals surface area (Å²) in [6.45, 7) is 0.